The van der Waals surface area contributed by atoms with E-state index in [0.717, 1.165) is 11.4 Å². The number of hydrogen-bond acceptors (Lipinski definition) is 3. The van der Waals surface area contributed by atoms with Crippen LogP contribution in [0, 0.1) is 19.7 Å². The second-order valence-corrected chi connectivity index (χ2v) is 5.04. The number of nitrogens with zero attached hydrogens (tertiary/aromatic N) is 1. The summed E-state index contributed by atoms with van der Waals surface area (Å²) in [5, 5.41) is 12.0. The zero-order chi connectivity index (χ0) is 15.6. The van der Waals surface area contributed by atoms with E-state index in [1.807, 2.05) is 13.8 Å². The molecule has 0 aliphatic heterocycles. The molecule has 1 aromatic heterocycles. The standard InChI is InChI=1S/C16H17FN2O2/c1-9-6-13(7-10(2)18-9)16(21)19-11(3)12-4-5-15(20)14(17)8-12/h4-8,11,20H,1-3H3,(H,19,21)/t11-/m0/s1. The molecule has 21 heavy (non-hydrogen) atoms. The number of phenols is 1. The van der Waals surface area contributed by atoms with Crippen molar-refractivity contribution in [1.29, 1.82) is 0 Å². The van der Waals surface area contributed by atoms with Gasteiger partial charge in [0.2, 0.25) is 0 Å². The molecule has 110 valence electrons. The first kappa shape index (κ1) is 15.0. The Morgan fingerprint density at radius 3 is 2.43 bits per heavy atom. The van der Waals surface area contributed by atoms with Crippen LogP contribution in [0.5, 0.6) is 5.75 Å². The Balaban J connectivity index is 2.16. The molecule has 0 aliphatic rings. The molecule has 0 saturated heterocycles. The molecule has 1 amide bonds. The van der Waals surface area contributed by atoms with Crippen molar-refractivity contribution in [3.8, 4) is 5.75 Å². The van der Waals surface area contributed by atoms with Crippen molar-refractivity contribution in [2.45, 2.75) is 26.8 Å². The molecule has 1 atom stereocenters. The molecule has 2 aromatic rings. The SMILES string of the molecule is Cc1cc(C(=O)N[C@@H](C)c2ccc(O)c(F)c2)cc(C)n1. The largest absolute Gasteiger partial charge is 0.505 e. The van der Waals surface area contributed by atoms with Crippen molar-refractivity contribution in [3.63, 3.8) is 0 Å². The second-order valence-electron chi connectivity index (χ2n) is 5.04. The second kappa shape index (κ2) is 5.91. The molecule has 1 aromatic carbocycles. The number of nitrogens with one attached hydrogen (secondary N) is 1. The van der Waals surface area contributed by atoms with Crippen LogP contribution in [-0.4, -0.2) is 16.0 Å². The van der Waals surface area contributed by atoms with Crippen LogP contribution in [0.4, 0.5) is 4.39 Å². The van der Waals surface area contributed by atoms with Crippen molar-refractivity contribution in [1.82, 2.24) is 10.3 Å². The molecule has 0 fully saturated rings. The summed E-state index contributed by atoms with van der Waals surface area (Å²) in [5.74, 6) is -1.36. The molecule has 2 N–H and O–H groups in total. The van der Waals surface area contributed by atoms with Gasteiger partial charge in [-0.1, -0.05) is 6.07 Å². The molecule has 0 saturated carbocycles. The Morgan fingerprint density at radius 2 is 1.86 bits per heavy atom. The maximum Gasteiger partial charge on any atom is 0.251 e. The Hall–Kier alpha value is -2.43. The number of phenolic OH excluding ortho intramolecular Hbond substituents is 1. The van der Waals surface area contributed by atoms with E-state index in [0.29, 0.717) is 11.1 Å². The highest BCUT2D eigenvalue weighted by Gasteiger charge is 2.14. The zero-order valence-electron chi connectivity index (χ0n) is 12.1. The highest BCUT2D eigenvalue weighted by Crippen LogP contribution is 2.21. The van der Waals surface area contributed by atoms with Crippen LogP contribution in [0.2, 0.25) is 0 Å². The van der Waals surface area contributed by atoms with Crippen molar-refractivity contribution >= 4 is 5.91 Å². The third-order valence-corrected chi connectivity index (χ3v) is 3.16. The van der Waals surface area contributed by atoms with Crippen molar-refractivity contribution in [3.05, 3.63) is 58.7 Å². The Kier molecular flexibility index (Phi) is 4.21. The molecule has 4 nitrogen and oxygen atoms in total. The summed E-state index contributed by atoms with van der Waals surface area (Å²) in [6, 6.07) is 7.09. The number of aromatic hydroxyl groups is 1. The van der Waals surface area contributed by atoms with E-state index in [9.17, 15) is 14.3 Å². The first-order chi connectivity index (χ1) is 9.86. The molecule has 0 radical (unpaired) electrons. The van der Waals surface area contributed by atoms with Crippen LogP contribution in [0.1, 0.15) is 40.3 Å². The lowest BCUT2D eigenvalue weighted by atomic mass is 10.1. The molecular weight excluding hydrogens is 271 g/mol. The van der Waals surface area contributed by atoms with Gasteiger partial charge < -0.3 is 10.4 Å². The van der Waals surface area contributed by atoms with E-state index < -0.39 is 11.6 Å². The molecule has 2 rings (SSSR count). The third-order valence-electron chi connectivity index (χ3n) is 3.16. The molecule has 5 heteroatoms. The average Bonchev–Trinajstić information content (AvgIpc) is 2.40. The van der Waals surface area contributed by atoms with Crippen LogP contribution in [0.25, 0.3) is 0 Å². The highest BCUT2D eigenvalue weighted by atomic mass is 19.1. The zero-order valence-corrected chi connectivity index (χ0v) is 12.1. The number of rotatable bonds is 3. The summed E-state index contributed by atoms with van der Waals surface area (Å²) >= 11 is 0. The first-order valence-electron chi connectivity index (χ1n) is 6.61. The van der Waals surface area contributed by atoms with E-state index in [1.54, 1.807) is 25.1 Å². The average molecular weight is 288 g/mol. The van der Waals surface area contributed by atoms with Crippen LogP contribution in [0.3, 0.4) is 0 Å². The maximum atomic E-state index is 13.3. The normalized spacial score (nSPS) is 12.0. The van der Waals surface area contributed by atoms with E-state index in [2.05, 4.69) is 10.3 Å². The lowest BCUT2D eigenvalue weighted by Gasteiger charge is -2.15. The number of halogens is 1. The van der Waals surface area contributed by atoms with E-state index in [4.69, 9.17) is 0 Å². The summed E-state index contributed by atoms with van der Waals surface area (Å²) in [6.07, 6.45) is 0. The van der Waals surface area contributed by atoms with Crippen LogP contribution < -0.4 is 5.32 Å². The number of hydrogen-bond donors (Lipinski definition) is 2. The topological polar surface area (TPSA) is 62.2 Å². The lowest BCUT2D eigenvalue weighted by Crippen LogP contribution is -2.27. The Labute approximate surface area is 122 Å². The van der Waals surface area contributed by atoms with Gasteiger partial charge in [0.05, 0.1) is 6.04 Å². The van der Waals surface area contributed by atoms with Gasteiger partial charge in [-0.2, -0.15) is 0 Å². The van der Waals surface area contributed by atoms with Crippen molar-refractivity contribution in [2.24, 2.45) is 0 Å². The van der Waals surface area contributed by atoms with Gasteiger partial charge in [-0.3, -0.25) is 9.78 Å². The minimum atomic E-state index is -0.704. The minimum absolute atomic E-state index is 0.246. The summed E-state index contributed by atoms with van der Waals surface area (Å²) in [7, 11) is 0. The molecule has 1 heterocycles. The fraction of sp³-hybridized carbons (Fsp3) is 0.250. The molecular formula is C16H17FN2O2. The molecule has 0 spiro atoms. The van der Waals surface area contributed by atoms with Gasteiger partial charge >= 0.3 is 0 Å². The van der Waals surface area contributed by atoms with Gasteiger partial charge in [0.25, 0.3) is 5.91 Å². The van der Waals surface area contributed by atoms with Gasteiger partial charge in [-0.15, -0.1) is 0 Å². The fourth-order valence-corrected chi connectivity index (χ4v) is 2.12. The summed E-state index contributed by atoms with van der Waals surface area (Å²) in [5.41, 5.74) is 2.64. The number of amides is 1. The van der Waals surface area contributed by atoms with Gasteiger partial charge in [0.15, 0.2) is 11.6 Å². The quantitative estimate of drug-likeness (QED) is 0.912. The number of aryl methyl sites for hydroxylation is 2. The first-order valence-corrected chi connectivity index (χ1v) is 6.61. The van der Waals surface area contributed by atoms with Crippen LogP contribution in [-0.2, 0) is 0 Å². The Bertz CT molecular complexity index is 666. The molecule has 0 bridgehead atoms. The van der Waals surface area contributed by atoms with Gasteiger partial charge in [-0.05, 0) is 50.6 Å². The highest BCUT2D eigenvalue weighted by molar-refractivity contribution is 5.94. The summed E-state index contributed by atoms with van der Waals surface area (Å²) in [6.45, 7) is 5.40. The number of carbonyl (C=O) groups excluding carboxylic acids is 1. The maximum absolute atomic E-state index is 13.3. The fourth-order valence-electron chi connectivity index (χ4n) is 2.12. The van der Waals surface area contributed by atoms with Crippen molar-refractivity contribution < 1.29 is 14.3 Å². The predicted octanol–water partition coefficient (Wildman–Crippen LogP) is 3.03. The number of benzene rings is 1. The third kappa shape index (κ3) is 3.56. The molecule has 0 unspecified atom stereocenters. The Morgan fingerprint density at radius 1 is 1.24 bits per heavy atom. The number of pyridine rings is 1. The van der Waals surface area contributed by atoms with Crippen LogP contribution in [0.15, 0.2) is 30.3 Å². The predicted molar refractivity (Wildman–Crippen MR) is 77.7 cm³/mol. The van der Waals surface area contributed by atoms with Gasteiger partial charge in [-0.25, -0.2) is 4.39 Å². The minimum Gasteiger partial charge on any atom is -0.505 e. The molecule has 0 aliphatic carbocycles. The van der Waals surface area contributed by atoms with E-state index >= 15 is 0 Å². The van der Waals surface area contributed by atoms with Crippen LogP contribution >= 0.6 is 0 Å². The van der Waals surface area contributed by atoms with Gasteiger partial charge in [0, 0.05) is 17.0 Å². The van der Waals surface area contributed by atoms with Crippen molar-refractivity contribution in [2.75, 3.05) is 0 Å². The summed E-state index contributed by atoms with van der Waals surface area (Å²) in [4.78, 5) is 16.4. The van der Waals surface area contributed by atoms with E-state index in [-0.39, 0.29) is 11.9 Å². The summed E-state index contributed by atoms with van der Waals surface area (Å²) < 4.78 is 13.3. The van der Waals surface area contributed by atoms with E-state index in [1.165, 1.54) is 12.1 Å². The van der Waals surface area contributed by atoms with Gasteiger partial charge in [0.1, 0.15) is 0 Å². The smallest absolute Gasteiger partial charge is 0.251 e. The number of carbonyl (C=O) groups is 1. The number of aromatic nitrogens is 1. The monoisotopic (exact) mass is 288 g/mol. The lowest BCUT2D eigenvalue weighted by molar-refractivity contribution is 0.0939.